The van der Waals surface area contributed by atoms with Gasteiger partial charge in [-0.25, -0.2) is 9.97 Å². The fourth-order valence-corrected chi connectivity index (χ4v) is 0.899. The minimum absolute atomic E-state index is 0.0271. The second-order valence-corrected chi connectivity index (χ2v) is 2.25. The van der Waals surface area contributed by atoms with Crippen LogP contribution in [0.5, 0.6) is 0 Å². The number of aryl methyl sites for hydroxylation is 1. The number of carbonyl (C=O) groups excluding carboxylic acids is 1. The molecule has 0 bridgehead atoms. The number of aromatic amines is 1. The van der Waals surface area contributed by atoms with E-state index in [1.807, 2.05) is 0 Å². The van der Waals surface area contributed by atoms with Gasteiger partial charge in [0.1, 0.15) is 12.0 Å². The van der Waals surface area contributed by atoms with Crippen molar-refractivity contribution in [2.45, 2.75) is 13.3 Å². The standard InChI is InChI=1S/C6H7N3O3/c1-4-7-5(2-3-10)6(8-4)9(11)12/h3H,2H2,1H3,(H,7,8). The molecular weight excluding hydrogens is 162 g/mol. The van der Waals surface area contributed by atoms with Crippen LogP contribution < -0.4 is 0 Å². The Kier molecular flexibility index (Phi) is 2.18. The molecule has 0 saturated heterocycles. The highest BCUT2D eigenvalue weighted by Gasteiger charge is 2.16. The molecule has 0 aliphatic heterocycles. The SMILES string of the molecule is Cc1nc(CC=O)c([N+](=O)[O-])[nH]1. The molecule has 1 N–H and O–H groups in total. The van der Waals surface area contributed by atoms with Gasteiger partial charge in [0.15, 0.2) is 5.82 Å². The third kappa shape index (κ3) is 1.47. The van der Waals surface area contributed by atoms with Gasteiger partial charge in [-0.15, -0.1) is 0 Å². The zero-order valence-corrected chi connectivity index (χ0v) is 6.40. The first-order valence-corrected chi connectivity index (χ1v) is 3.28. The normalized spacial score (nSPS) is 9.75. The predicted molar refractivity (Wildman–Crippen MR) is 39.7 cm³/mol. The van der Waals surface area contributed by atoms with E-state index in [-0.39, 0.29) is 17.9 Å². The largest absolute Gasteiger partial charge is 0.358 e. The van der Waals surface area contributed by atoms with Gasteiger partial charge in [0.05, 0.1) is 6.42 Å². The Labute approximate surface area is 67.8 Å². The van der Waals surface area contributed by atoms with Crippen molar-refractivity contribution in [1.29, 1.82) is 0 Å². The van der Waals surface area contributed by atoms with Gasteiger partial charge in [-0.3, -0.25) is 0 Å². The van der Waals surface area contributed by atoms with Crippen molar-refractivity contribution in [2.75, 3.05) is 0 Å². The summed E-state index contributed by atoms with van der Waals surface area (Å²) in [4.78, 5) is 26.1. The summed E-state index contributed by atoms with van der Waals surface area (Å²) in [6, 6.07) is 0. The van der Waals surface area contributed by atoms with E-state index in [1.165, 1.54) is 0 Å². The molecule has 0 aliphatic rings. The molecule has 0 aromatic carbocycles. The summed E-state index contributed by atoms with van der Waals surface area (Å²) in [5, 5.41) is 10.3. The Hall–Kier alpha value is -1.72. The second-order valence-electron chi connectivity index (χ2n) is 2.25. The van der Waals surface area contributed by atoms with E-state index in [4.69, 9.17) is 0 Å². The smallest absolute Gasteiger partial charge is 0.344 e. The van der Waals surface area contributed by atoms with Gasteiger partial charge in [0.2, 0.25) is 0 Å². The Morgan fingerprint density at radius 1 is 1.75 bits per heavy atom. The molecular formula is C6H7N3O3. The van der Waals surface area contributed by atoms with Crippen molar-refractivity contribution in [3.05, 3.63) is 21.6 Å². The van der Waals surface area contributed by atoms with Gasteiger partial charge in [-0.2, -0.15) is 0 Å². The van der Waals surface area contributed by atoms with Crippen LogP contribution in [0.1, 0.15) is 11.5 Å². The maximum absolute atomic E-state index is 10.3. The van der Waals surface area contributed by atoms with Crippen LogP contribution in [0.15, 0.2) is 0 Å². The first-order valence-electron chi connectivity index (χ1n) is 3.28. The van der Waals surface area contributed by atoms with Gasteiger partial charge in [-0.05, 0) is 4.92 Å². The molecule has 12 heavy (non-hydrogen) atoms. The quantitative estimate of drug-likeness (QED) is 0.402. The minimum atomic E-state index is -0.584. The molecule has 6 heteroatoms. The lowest BCUT2D eigenvalue weighted by Gasteiger charge is -1.90. The lowest BCUT2D eigenvalue weighted by Crippen LogP contribution is -1.94. The summed E-state index contributed by atoms with van der Waals surface area (Å²) in [6.07, 6.45) is 0.559. The van der Waals surface area contributed by atoms with E-state index in [9.17, 15) is 14.9 Å². The Balaban J connectivity index is 3.07. The molecule has 0 atom stereocenters. The fraction of sp³-hybridized carbons (Fsp3) is 0.333. The minimum Gasteiger partial charge on any atom is -0.358 e. The molecule has 0 radical (unpaired) electrons. The first-order chi connectivity index (χ1) is 5.65. The second kappa shape index (κ2) is 3.12. The Morgan fingerprint density at radius 3 is 2.92 bits per heavy atom. The molecule has 6 nitrogen and oxygen atoms in total. The van der Waals surface area contributed by atoms with Crippen molar-refractivity contribution < 1.29 is 9.72 Å². The third-order valence-electron chi connectivity index (χ3n) is 1.33. The van der Waals surface area contributed by atoms with E-state index in [0.29, 0.717) is 12.1 Å². The number of nitrogens with one attached hydrogen (secondary N) is 1. The van der Waals surface area contributed by atoms with Crippen LogP contribution in [0.2, 0.25) is 0 Å². The summed E-state index contributed by atoms with van der Waals surface area (Å²) in [7, 11) is 0. The van der Waals surface area contributed by atoms with Crippen molar-refractivity contribution in [2.24, 2.45) is 0 Å². The Morgan fingerprint density at radius 2 is 2.42 bits per heavy atom. The summed E-state index contributed by atoms with van der Waals surface area (Å²) >= 11 is 0. The molecule has 0 spiro atoms. The fourth-order valence-electron chi connectivity index (χ4n) is 0.899. The summed E-state index contributed by atoms with van der Waals surface area (Å²) in [6.45, 7) is 1.60. The number of hydrogen-bond acceptors (Lipinski definition) is 4. The van der Waals surface area contributed by atoms with Crippen LogP contribution in [-0.2, 0) is 11.2 Å². The van der Waals surface area contributed by atoms with E-state index in [0.717, 1.165) is 0 Å². The van der Waals surface area contributed by atoms with Crippen molar-refractivity contribution in [3.63, 3.8) is 0 Å². The van der Waals surface area contributed by atoms with Gasteiger partial charge in [-0.1, -0.05) is 0 Å². The zero-order valence-electron chi connectivity index (χ0n) is 6.40. The lowest BCUT2D eigenvalue weighted by atomic mass is 10.3. The van der Waals surface area contributed by atoms with E-state index < -0.39 is 4.92 Å². The van der Waals surface area contributed by atoms with E-state index in [2.05, 4.69) is 9.97 Å². The number of H-pyrrole nitrogens is 1. The summed E-state index contributed by atoms with van der Waals surface area (Å²) < 4.78 is 0. The average molecular weight is 169 g/mol. The third-order valence-corrected chi connectivity index (χ3v) is 1.33. The van der Waals surface area contributed by atoms with Crippen LogP contribution in [-0.4, -0.2) is 21.2 Å². The molecule has 0 fully saturated rings. The maximum Gasteiger partial charge on any atom is 0.344 e. The molecule has 0 saturated carbocycles. The molecule has 1 aromatic rings. The van der Waals surface area contributed by atoms with Gasteiger partial charge < -0.3 is 14.9 Å². The highest BCUT2D eigenvalue weighted by molar-refractivity contribution is 5.56. The topological polar surface area (TPSA) is 88.9 Å². The number of rotatable bonds is 3. The van der Waals surface area contributed by atoms with Crippen LogP contribution >= 0.6 is 0 Å². The molecule has 64 valence electrons. The van der Waals surface area contributed by atoms with Crippen LogP contribution in [0.3, 0.4) is 0 Å². The zero-order chi connectivity index (χ0) is 9.14. The van der Waals surface area contributed by atoms with Crippen molar-refractivity contribution in [3.8, 4) is 0 Å². The maximum atomic E-state index is 10.3. The molecule has 0 unspecified atom stereocenters. The van der Waals surface area contributed by atoms with Crippen molar-refractivity contribution >= 4 is 12.1 Å². The predicted octanol–water partition coefficient (Wildman–Crippen LogP) is 0.368. The molecule has 1 rings (SSSR count). The molecule has 0 amide bonds. The Bertz CT molecular complexity index is 318. The van der Waals surface area contributed by atoms with E-state index in [1.54, 1.807) is 6.92 Å². The number of aromatic nitrogens is 2. The van der Waals surface area contributed by atoms with Crippen molar-refractivity contribution in [1.82, 2.24) is 9.97 Å². The number of aldehydes is 1. The highest BCUT2D eigenvalue weighted by atomic mass is 16.6. The summed E-state index contributed by atoms with van der Waals surface area (Å²) in [5.41, 5.74) is 0.188. The average Bonchev–Trinajstić information content (AvgIpc) is 2.32. The number of hydrogen-bond donors (Lipinski definition) is 1. The van der Waals surface area contributed by atoms with Crippen LogP contribution in [0, 0.1) is 17.0 Å². The summed E-state index contributed by atoms with van der Waals surface area (Å²) in [5.74, 6) is 0.248. The van der Waals surface area contributed by atoms with Gasteiger partial charge in [0, 0.05) is 6.92 Å². The highest BCUT2D eigenvalue weighted by Crippen LogP contribution is 2.14. The van der Waals surface area contributed by atoms with Gasteiger partial charge in [0.25, 0.3) is 0 Å². The first kappa shape index (κ1) is 8.38. The molecule has 1 aromatic heterocycles. The lowest BCUT2D eigenvalue weighted by molar-refractivity contribution is -0.390. The van der Waals surface area contributed by atoms with Gasteiger partial charge >= 0.3 is 5.82 Å². The van der Waals surface area contributed by atoms with E-state index >= 15 is 0 Å². The van der Waals surface area contributed by atoms with Crippen LogP contribution in [0.25, 0.3) is 0 Å². The number of imidazole rings is 1. The molecule has 1 heterocycles. The number of carbonyl (C=O) groups is 1. The molecule has 0 aliphatic carbocycles. The monoisotopic (exact) mass is 169 g/mol. The number of nitro groups is 1. The van der Waals surface area contributed by atoms with Crippen LogP contribution in [0.4, 0.5) is 5.82 Å². The number of nitrogens with zero attached hydrogens (tertiary/aromatic N) is 2.